The minimum Gasteiger partial charge on any atom is -0.507 e. The summed E-state index contributed by atoms with van der Waals surface area (Å²) in [6, 6.07) is 6.26. The third kappa shape index (κ3) is 5.09. The van der Waals surface area contributed by atoms with Crippen LogP contribution in [0.25, 0.3) is 28.0 Å². The molecule has 1 saturated heterocycles. The SMILES string of the molecule is C=CC(=O)N1CCN(c2nc(=O)n(-c3c(S(C)(=O)=O)ccnc3C3CC3)c3nc(-c4c(O)cccc4F)c(Cl)cc23)[C@@H](C)C1. The van der Waals surface area contributed by atoms with E-state index in [0.29, 0.717) is 25.3 Å². The van der Waals surface area contributed by atoms with Crippen molar-refractivity contribution in [2.24, 2.45) is 0 Å². The number of anilines is 1. The molecule has 0 spiro atoms. The predicted octanol–water partition coefficient (Wildman–Crippen LogP) is 3.84. The Morgan fingerprint density at radius 1 is 1.20 bits per heavy atom. The highest BCUT2D eigenvalue weighted by Crippen LogP contribution is 2.44. The van der Waals surface area contributed by atoms with Crippen molar-refractivity contribution in [1.82, 2.24) is 24.4 Å². The average Bonchev–Trinajstić information content (AvgIpc) is 3.82. The highest BCUT2D eigenvalue weighted by molar-refractivity contribution is 7.90. The molecule has 0 bridgehead atoms. The Hall–Kier alpha value is -4.36. The molecule has 3 aromatic heterocycles. The van der Waals surface area contributed by atoms with Crippen molar-refractivity contribution >= 4 is 44.2 Å². The Balaban J connectivity index is 1.69. The number of hydrogen-bond donors (Lipinski definition) is 1. The third-order valence-electron chi connectivity index (χ3n) is 7.92. The minimum absolute atomic E-state index is 0.0273. The number of fused-ring (bicyclic) bond motifs is 1. The smallest absolute Gasteiger partial charge is 0.355 e. The Labute approximate surface area is 257 Å². The Morgan fingerprint density at radius 2 is 1.95 bits per heavy atom. The van der Waals surface area contributed by atoms with Gasteiger partial charge in [-0.05, 0) is 50.1 Å². The van der Waals surface area contributed by atoms with Crippen molar-refractivity contribution in [3.05, 3.63) is 76.2 Å². The van der Waals surface area contributed by atoms with E-state index in [0.717, 1.165) is 29.7 Å². The number of hydrogen-bond acceptors (Lipinski definition) is 9. The fraction of sp³-hybridized carbons (Fsp3) is 0.300. The van der Waals surface area contributed by atoms with Gasteiger partial charge in [0, 0.05) is 44.0 Å². The van der Waals surface area contributed by atoms with Crippen LogP contribution < -0.4 is 10.6 Å². The molecule has 44 heavy (non-hydrogen) atoms. The van der Waals surface area contributed by atoms with Gasteiger partial charge in [0.1, 0.15) is 17.4 Å². The maximum Gasteiger partial charge on any atom is 0.355 e. The molecule has 1 aliphatic carbocycles. The normalized spacial score (nSPS) is 17.2. The number of amides is 1. The second kappa shape index (κ2) is 11.0. The molecule has 2 aliphatic rings. The Bertz CT molecular complexity index is 2010. The highest BCUT2D eigenvalue weighted by Gasteiger charge is 2.35. The number of halogens is 2. The summed E-state index contributed by atoms with van der Waals surface area (Å²) in [5.41, 5.74) is -0.866. The van der Waals surface area contributed by atoms with Crippen LogP contribution in [0, 0.1) is 5.82 Å². The molecule has 6 rings (SSSR count). The maximum atomic E-state index is 15.1. The Morgan fingerprint density at radius 3 is 2.59 bits per heavy atom. The van der Waals surface area contributed by atoms with Crippen molar-refractivity contribution in [1.29, 1.82) is 0 Å². The van der Waals surface area contributed by atoms with Crippen molar-refractivity contribution in [3.8, 4) is 22.7 Å². The lowest BCUT2D eigenvalue weighted by atomic mass is 10.1. The van der Waals surface area contributed by atoms with Crippen LogP contribution in [0.4, 0.5) is 10.2 Å². The van der Waals surface area contributed by atoms with Crippen LogP contribution in [0.1, 0.15) is 31.4 Å². The van der Waals surface area contributed by atoms with E-state index in [1.165, 1.54) is 36.5 Å². The van der Waals surface area contributed by atoms with Gasteiger partial charge in [0.05, 0.1) is 37.9 Å². The summed E-state index contributed by atoms with van der Waals surface area (Å²) in [6.07, 6.45) is 5.18. The zero-order valence-corrected chi connectivity index (χ0v) is 25.4. The number of phenols is 1. The summed E-state index contributed by atoms with van der Waals surface area (Å²) in [5.74, 6) is -1.30. The molecular weight excluding hydrogens is 611 g/mol. The number of sulfone groups is 1. The number of benzene rings is 1. The van der Waals surface area contributed by atoms with Gasteiger partial charge in [-0.1, -0.05) is 24.2 Å². The molecule has 1 saturated carbocycles. The molecule has 1 amide bonds. The van der Waals surface area contributed by atoms with Gasteiger partial charge in [0.2, 0.25) is 5.91 Å². The standard InChI is InChI=1S/C30H28ClFN6O5S/c1-4-23(40)36-12-13-37(16(2)15-36)28-18-14-19(31)26(24-20(32)6-5-7-21(24)39)34-29(18)38(30(41)35-28)27-22(44(3,42)43)10-11-33-25(27)17-8-9-17/h4-7,10-11,14,16-17,39H,1,8-9,12-13,15H2,2-3H3/t16-/m0/s1. The molecule has 2 fully saturated rings. The van der Waals surface area contributed by atoms with E-state index in [9.17, 15) is 23.1 Å². The number of piperazine rings is 1. The first-order valence-electron chi connectivity index (χ1n) is 13.9. The molecule has 0 unspecified atom stereocenters. The number of carbonyl (C=O) groups excluding carboxylic acids is 1. The number of phenolic OH excluding ortho intramolecular Hbond substituents is 1. The first-order valence-corrected chi connectivity index (χ1v) is 16.2. The summed E-state index contributed by atoms with van der Waals surface area (Å²) >= 11 is 6.70. The largest absolute Gasteiger partial charge is 0.507 e. The van der Waals surface area contributed by atoms with Crippen molar-refractivity contribution in [3.63, 3.8) is 0 Å². The molecule has 4 aromatic rings. The lowest BCUT2D eigenvalue weighted by Crippen LogP contribution is -2.54. The quantitative estimate of drug-likeness (QED) is 0.312. The molecular formula is C30H28ClFN6O5S. The van der Waals surface area contributed by atoms with Gasteiger partial charge in [-0.15, -0.1) is 0 Å². The van der Waals surface area contributed by atoms with Gasteiger partial charge in [-0.2, -0.15) is 4.98 Å². The monoisotopic (exact) mass is 638 g/mol. The first kappa shape index (κ1) is 29.7. The van der Waals surface area contributed by atoms with E-state index < -0.39 is 27.1 Å². The van der Waals surface area contributed by atoms with E-state index >= 15 is 4.39 Å². The van der Waals surface area contributed by atoms with Crippen LogP contribution in [0.5, 0.6) is 5.75 Å². The van der Waals surface area contributed by atoms with Crippen LogP contribution in [0.15, 0.2) is 58.9 Å². The molecule has 0 radical (unpaired) electrons. The van der Waals surface area contributed by atoms with Gasteiger partial charge in [0.25, 0.3) is 0 Å². The molecule has 11 nitrogen and oxygen atoms in total. The van der Waals surface area contributed by atoms with Gasteiger partial charge in [-0.25, -0.2) is 27.2 Å². The predicted molar refractivity (Wildman–Crippen MR) is 164 cm³/mol. The van der Waals surface area contributed by atoms with Gasteiger partial charge >= 0.3 is 5.69 Å². The molecule has 4 heterocycles. The summed E-state index contributed by atoms with van der Waals surface area (Å²) in [5, 5.41) is 10.8. The fourth-order valence-corrected chi connectivity index (χ4v) is 6.78. The highest BCUT2D eigenvalue weighted by atomic mass is 35.5. The van der Waals surface area contributed by atoms with Crippen LogP contribution in [-0.2, 0) is 14.6 Å². The number of pyridine rings is 2. The van der Waals surface area contributed by atoms with Crippen LogP contribution in [0.3, 0.4) is 0 Å². The average molecular weight is 639 g/mol. The van der Waals surface area contributed by atoms with Gasteiger partial charge < -0.3 is 14.9 Å². The summed E-state index contributed by atoms with van der Waals surface area (Å²) in [4.78, 5) is 43.3. The molecule has 228 valence electrons. The molecule has 1 atom stereocenters. The number of nitrogens with zero attached hydrogens (tertiary/aromatic N) is 6. The van der Waals surface area contributed by atoms with E-state index in [1.807, 2.05) is 11.8 Å². The number of aromatic nitrogens is 4. The lowest BCUT2D eigenvalue weighted by molar-refractivity contribution is -0.126. The number of carbonyl (C=O) groups is 1. The molecule has 1 aliphatic heterocycles. The van der Waals surface area contributed by atoms with Crippen LogP contribution >= 0.6 is 11.6 Å². The molecule has 1 N–H and O–H groups in total. The fourth-order valence-electron chi connectivity index (χ4n) is 5.68. The van der Waals surface area contributed by atoms with Crippen molar-refractivity contribution in [2.45, 2.75) is 36.6 Å². The second-order valence-electron chi connectivity index (χ2n) is 11.0. The third-order valence-corrected chi connectivity index (χ3v) is 9.33. The van der Waals surface area contributed by atoms with E-state index in [1.54, 1.807) is 4.90 Å². The topological polar surface area (TPSA) is 139 Å². The van der Waals surface area contributed by atoms with Crippen LogP contribution in [-0.4, -0.2) is 75.8 Å². The summed E-state index contributed by atoms with van der Waals surface area (Å²) in [6.45, 7) is 6.40. The minimum atomic E-state index is -3.87. The second-order valence-corrected chi connectivity index (χ2v) is 13.4. The van der Waals surface area contributed by atoms with Crippen molar-refractivity contribution < 1.29 is 22.7 Å². The maximum absolute atomic E-state index is 15.1. The van der Waals surface area contributed by atoms with E-state index in [2.05, 4.69) is 21.5 Å². The zero-order chi connectivity index (χ0) is 31.5. The van der Waals surface area contributed by atoms with Crippen molar-refractivity contribution in [2.75, 3.05) is 30.8 Å². The zero-order valence-electron chi connectivity index (χ0n) is 23.9. The van der Waals surface area contributed by atoms with E-state index in [-0.39, 0.29) is 61.6 Å². The number of aromatic hydroxyl groups is 1. The van der Waals surface area contributed by atoms with Gasteiger partial charge in [0.15, 0.2) is 15.5 Å². The van der Waals surface area contributed by atoms with E-state index in [4.69, 9.17) is 11.6 Å². The summed E-state index contributed by atoms with van der Waals surface area (Å²) < 4.78 is 42.3. The number of rotatable bonds is 6. The molecule has 14 heteroatoms. The van der Waals surface area contributed by atoms with Gasteiger partial charge in [-0.3, -0.25) is 9.78 Å². The first-order chi connectivity index (χ1) is 20.9. The summed E-state index contributed by atoms with van der Waals surface area (Å²) in [7, 11) is -3.87. The Kier molecular flexibility index (Phi) is 7.41. The lowest BCUT2D eigenvalue weighted by Gasteiger charge is -2.40. The molecule has 1 aromatic carbocycles. The van der Waals surface area contributed by atoms with Crippen LogP contribution in [0.2, 0.25) is 5.02 Å².